The van der Waals surface area contributed by atoms with E-state index < -0.39 is 11.9 Å². The molecule has 1 aromatic rings. The number of allylic oxidation sites excluding steroid dienone is 1. The summed E-state index contributed by atoms with van der Waals surface area (Å²) >= 11 is 0. The minimum Gasteiger partial charge on any atom is -0.341 e. The fourth-order valence-electron chi connectivity index (χ4n) is 1.28. The van der Waals surface area contributed by atoms with E-state index in [9.17, 15) is 13.2 Å². The van der Waals surface area contributed by atoms with Crippen molar-refractivity contribution in [3.8, 4) is 0 Å². The Morgan fingerprint density at radius 2 is 1.80 bits per heavy atom. The van der Waals surface area contributed by atoms with Crippen LogP contribution in [0.15, 0.2) is 36.5 Å². The van der Waals surface area contributed by atoms with E-state index in [0.29, 0.717) is 5.69 Å². The van der Waals surface area contributed by atoms with Crippen molar-refractivity contribution in [2.24, 2.45) is 0 Å². The predicted octanol–water partition coefficient (Wildman–Crippen LogP) is 3.51. The molecule has 0 amide bonds. The molecule has 0 N–H and O–H groups in total. The summed E-state index contributed by atoms with van der Waals surface area (Å²) in [7, 11) is 1.36. The number of anilines is 1. The Balaban J connectivity index is 3.01. The van der Waals surface area contributed by atoms with Crippen LogP contribution in [-0.2, 0) is 0 Å². The molecule has 0 aromatic heterocycles. The highest BCUT2D eigenvalue weighted by Gasteiger charge is 2.35. The number of aryl methyl sites for hydroxylation is 1. The zero-order chi connectivity index (χ0) is 11.6. The minimum absolute atomic E-state index is 0.514. The molecule has 0 fully saturated rings. The lowest BCUT2D eigenvalue weighted by molar-refractivity contribution is -0.0925. The van der Waals surface area contributed by atoms with Gasteiger partial charge in [0.15, 0.2) is 0 Å². The first-order valence-electron chi connectivity index (χ1n) is 4.39. The molecular formula is C11H12F3N. The summed E-state index contributed by atoms with van der Waals surface area (Å²) in [6.07, 6.45) is -4.39. The lowest BCUT2D eigenvalue weighted by atomic mass is 10.2. The number of rotatable bonds is 2. The van der Waals surface area contributed by atoms with Gasteiger partial charge in [-0.2, -0.15) is 13.2 Å². The van der Waals surface area contributed by atoms with Crippen LogP contribution in [0.4, 0.5) is 18.9 Å². The molecule has 1 rings (SSSR count). The van der Waals surface area contributed by atoms with E-state index >= 15 is 0 Å². The van der Waals surface area contributed by atoms with Crippen LogP contribution in [0.25, 0.3) is 0 Å². The summed E-state index contributed by atoms with van der Waals surface area (Å²) in [6.45, 7) is 4.80. The highest BCUT2D eigenvalue weighted by Crippen LogP contribution is 2.30. The Labute approximate surface area is 86.8 Å². The van der Waals surface area contributed by atoms with Gasteiger partial charge in [0.2, 0.25) is 0 Å². The highest BCUT2D eigenvalue weighted by molar-refractivity contribution is 5.56. The maximum absolute atomic E-state index is 12.4. The number of para-hydroxylation sites is 1. The maximum Gasteiger partial charge on any atom is 0.430 e. The van der Waals surface area contributed by atoms with E-state index in [1.807, 2.05) is 0 Å². The van der Waals surface area contributed by atoms with Gasteiger partial charge in [-0.3, -0.25) is 0 Å². The van der Waals surface area contributed by atoms with Gasteiger partial charge in [0.1, 0.15) is 5.70 Å². The van der Waals surface area contributed by atoms with Crippen molar-refractivity contribution in [1.29, 1.82) is 0 Å². The van der Waals surface area contributed by atoms with E-state index in [1.165, 1.54) is 7.05 Å². The van der Waals surface area contributed by atoms with E-state index in [-0.39, 0.29) is 0 Å². The second-order valence-corrected chi connectivity index (χ2v) is 3.29. The number of hydrogen-bond donors (Lipinski definition) is 0. The van der Waals surface area contributed by atoms with Gasteiger partial charge >= 0.3 is 6.18 Å². The van der Waals surface area contributed by atoms with Crippen LogP contribution >= 0.6 is 0 Å². The molecule has 15 heavy (non-hydrogen) atoms. The van der Waals surface area contributed by atoms with Gasteiger partial charge in [0.25, 0.3) is 0 Å². The van der Waals surface area contributed by atoms with Crippen molar-refractivity contribution in [3.05, 3.63) is 42.1 Å². The standard InChI is InChI=1S/C11H12F3N/c1-8-6-4-5-7-10(8)15(3)9(2)11(12,13)14/h4-7H,2H2,1,3H3. The first-order valence-corrected chi connectivity index (χ1v) is 4.39. The fraction of sp³-hybridized carbons (Fsp3) is 0.273. The molecule has 0 aliphatic carbocycles. The monoisotopic (exact) mass is 215 g/mol. The van der Waals surface area contributed by atoms with Crippen molar-refractivity contribution < 1.29 is 13.2 Å². The fourth-order valence-corrected chi connectivity index (χ4v) is 1.28. The number of nitrogens with zero attached hydrogens (tertiary/aromatic N) is 1. The smallest absolute Gasteiger partial charge is 0.341 e. The van der Waals surface area contributed by atoms with Crippen LogP contribution in [-0.4, -0.2) is 13.2 Å². The van der Waals surface area contributed by atoms with E-state index in [4.69, 9.17) is 0 Å². The first kappa shape index (κ1) is 11.6. The molecular weight excluding hydrogens is 203 g/mol. The predicted molar refractivity (Wildman–Crippen MR) is 54.8 cm³/mol. The van der Waals surface area contributed by atoms with Crippen molar-refractivity contribution >= 4 is 5.69 Å². The molecule has 0 saturated carbocycles. The normalized spacial score (nSPS) is 11.3. The molecule has 0 spiro atoms. The maximum atomic E-state index is 12.4. The summed E-state index contributed by atoms with van der Waals surface area (Å²) < 4.78 is 37.1. The molecule has 0 heterocycles. The van der Waals surface area contributed by atoms with E-state index in [0.717, 1.165) is 10.5 Å². The van der Waals surface area contributed by atoms with Gasteiger partial charge in [0, 0.05) is 12.7 Å². The quantitative estimate of drug-likeness (QED) is 0.729. The third-order valence-corrected chi connectivity index (χ3v) is 2.21. The highest BCUT2D eigenvalue weighted by atomic mass is 19.4. The average molecular weight is 215 g/mol. The number of hydrogen-bond acceptors (Lipinski definition) is 1. The molecule has 0 saturated heterocycles. The third kappa shape index (κ3) is 2.52. The SMILES string of the molecule is C=C(N(C)c1ccccc1C)C(F)(F)F. The molecule has 1 nitrogen and oxygen atoms in total. The molecule has 0 aliphatic heterocycles. The Morgan fingerprint density at radius 3 is 2.27 bits per heavy atom. The largest absolute Gasteiger partial charge is 0.430 e. The lowest BCUT2D eigenvalue weighted by Gasteiger charge is -2.24. The van der Waals surface area contributed by atoms with Crippen molar-refractivity contribution in [2.45, 2.75) is 13.1 Å². The first-order chi connectivity index (χ1) is 6.84. The van der Waals surface area contributed by atoms with Gasteiger partial charge in [-0.1, -0.05) is 24.8 Å². The summed E-state index contributed by atoms with van der Waals surface area (Å²) in [5, 5.41) is 0. The second-order valence-electron chi connectivity index (χ2n) is 3.29. The van der Waals surface area contributed by atoms with E-state index in [2.05, 4.69) is 6.58 Å². The van der Waals surface area contributed by atoms with Crippen LogP contribution in [0.3, 0.4) is 0 Å². The zero-order valence-electron chi connectivity index (χ0n) is 8.60. The molecule has 0 radical (unpaired) electrons. The van der Waals surface area contributed by atoms with Crippen molar-refractivity contribution in [1.82, 2.24) is 0 Å². The molecule has 0 bridgehead atoms. The summed E-state index contributed by atoms with van der Waals surface area (Å²) in [6, 6.07) is 6.87. The number of benzene rings is 1. The van der Waals surface area contributed by atoms with Gasteiger partial charge in [-0.25, -0.2) is 0 Å². The van der Waals surface area contributed by atoms with E-state index in [1.54, 1.807) is 31.2 Å². The Kier molecular flexibility index (Phi) is 3.07. The molecule has 0 aliphatic rings. The summed E-state index contributed by atoms with van der Waals surface area (Å²) in [5.74, 6) is 0. The Hall–Kier alpha value is -1.45. The van der Waals surface area contributed by atoms with Crippen LogP contribution in [0, 0.1) is 6.92 Å². The summed E-state index contributed by atoms with van der Waals surface area (Å²) in [4.78, 5) is 1.05. The zero-order valence-corrected chi connectivity index (χ0v) is 8.60. The topological polar surface area (TPSA) is 3.24 Å². The lowest BCUT2D eigenvalue weighted by Crippen LogP contribution is -2.27. The van der Waals surface area contributed by atoms with Crippen LogP contribution in [0.2, 0.25) is 0 Å². The van der Waals surface area contributed by atoms with Gasteiger partial charge in [-0.15, -0.1) is 0 Å². The average Bonchev–Trinajstić information content (AvgIpc) is 2.15. The molecule has 1 aromatic carbocycles. The van der Waals surface area contributed by atoms with Crippen molar-refractivity contribution in [2.75, 3.05) is 11.9 Å². The number of alkyl halides is 3. The molecule has 4 heteroatoms. The third-order valence-electron chi connectivity index (χ3n) is 2.21. The van der Waals surface area contributed by atoms with Gasteiger partial charge < -0.3 is 4.90 Å². The Bertz CT molecular complexity index is 368. The van der Waals surface area contributed by atoms with Crippen LogP contribution in [0.5, 0.6) is 0 Å². The minimum atomic E-state index is -4.39. The van der Waals surface area contributed by atoms with Gasteiger partial charge in [-0.05, 0) is 18.6 Å². The molecule has 0 unspecified atom stereocenters. The summed E-state index contributed by atoms with van der Waals surface area (Å²) in [5.41, 5.74) is 0.432. The Morgan fingerprint density at radius 1 is 1.27 bits per heavy atom. The molecule has 82 valence electrons. The molecule has 0 atom stereocenters. The second kappa shape index (κ2) is 3.96. The number of halogens is 3. The van der Waals surface area contributed by atoms with Crippen LogP contribution in [0.1, 0.15) is 5.56 Å². The van der Waals surface area contributed by atoms with Gasteiger partial charge in [0.05, 0.1) is 0 Å². The van der Waals surface area contributed by atoms with Crippen molar-refractivity contribution in [3.63, 3.8) is 0 Å². The van der Waals surface area contributed by atoms with Crippen LogP contribution < -0.4 is 4.90 Å².